The minimum absolute atomic E-state index is 0.0844. The molecule has 2 aromatic rings. The van der Waals surface area contributed by atoms with Crippen LogP contribution < -0.4 is 4.72 Å². The summed E-state index contributed by atoms with van der Waals surface area (Å²) in [6.07, 6.45) is 2.69. The lowest BCUT2D eigenvalue weighted by Gasteiger charge is -2.32. The van der Waals surface area contributed by atoms with Crippen LogP contribution >= 0.6 is 0 Å². The molecule has 1 aliphatic heterocycles. The largest absolute Gasteiger partial charge is 0.351 e. The first-order valence-corrected chi connectivity index (χ1v) is 9.57. The van der Waals surface area contributed by atoms with Crippen LogP contribution in [0.1, 0.15) is 28.9 Å². The highest BCUT2D eigenvalue weighted by Gasteiger charge is 2.26. The van der Waals surface area contributed by atoms with Crippen LogP contribution in [0.4, 0.5) is 0 Å². The molecule has 0 saturated carbocycles. The van der Waals surface area contributed by atoms with Gasteiger partial charge in [-0.15, -0.1) is 0 Å². The fourth-order valence-electron chi connectivity index (χ4n) is 3.09. The van der Waals surface area contributed by atoms with Gasteiger partial charge in [0.05, 0.1) is 6.26 Å². The molecule has 1 aromatic heterocycles. The van der Waals surface area contributed by atoms with E-state index >= 15 is 0 Å². The number of hydrogen-bond donors (Lipinski definition) is 2. The number of benzene rings is 1. The molecule has 1 aromatic carbocycles. The summed E-state index contributed by atoms with van der Waals surface area (Å²) in [5.41, 5.74) is 2.62. The second-order valence-corrected chi connectivity index (χ2v) is 8.03. The number of likely N-dealkylation sites (tertiary alicyclic amines) is 1. The number of H-pyrrole nitrogens is 1. The van der Waals surface area contributed by atoms with Crippen LogP contribution in [0, 0.1) is 6.92 Å². The number of piperidine rings is 1. The molecule has 0 radical (unpaired) electrons. The Labute approximate surface area is 135 Å². The van der Waals surface area contributed by atoms with Crippen LogP contribution in [0.3, 0.4) is 0 Å². The van der Waals surface area contributed by atoms with Gasteiger partial charge in [-0.2, -0.15) is 0 Å². The third-order valence-corrected chi connectivity index (χ3v) is 4.86. The van der Waals surface area contributed by atoms with E-state index in [0.717, 1.165) is 35.6 Å². The first-order chi connectivity index (χ1) is 10.8. The number of nitrogens with one attached hydrogen (secondary N) is 2. The highest BCUT2D eigenvalue weighted by molar-refractivity contribution is 7.88. The van der Waals surface area contributed by atoms with Crippen molar-refractivity contribution in [2.75, 3.05) is 19.3 Å². The summed E-state index contributed by atoms with van der Waals surface area (Å²) in [5, 5.41) is 1.00. The molecule has 6 nitrogen and oxygen atoms in total. The molecule has 0 unspecified atom stereocenters. The molecular weight excluding hydrogens is 314 g/mol. The number of nitrogens with zero attached hydrogens (tertiary/aromatic N) is 1. The summed E-state index contributed by atoms with van der Waals surface area (Å²) in [5.74, 6) is -0.0844. The van der Waals surface area contributed by atoms with Crippen LogP contribution in [-0.4, -0.2) is 49.6 Å². The van der Waals surface area contributed by atoms with Crippen molar-refractivity contribution in [1.82, 2.24) is 14.6 Å². The van der Waals surface area contributed by atoms with Crippen LogP contribution in [-0.2, 0) is 10.0 Å². The smallest absolute Gasteiger partial charge is 0.270 e. The summed E-state index contributed by atoms with van der Waals surface area (Å²) in [7, 11) is -3.26. The van der Waals surface area contributed by atoms with Crippen LogP contribution in [0.2, 0.25) is 0 Å². The fourth-order valence-corrected chi connectivity index (χ4v) is 3.88. The predicted molar refractivity (Wildman–Crippen MR) is 89.9 cm³/mol. The van der Waals surface area contributed by atoms with E-state index in [2.05, 4.69) is 9.71 Å². The zero-order chi connectivity index (χ0) is 16.6. The molecule has 23 heavy (non-hydrogen) atoms. The standard InChI is InChI=1S/C16H21N3O3S/c1-11-5-6-12-9-15(17-14(12)8-11)16(20)19-7-3-4-13(10-19)18-23(2,21)22/h5-6,8-9,13,17-18H,3-4,7,10H2,1-2H3/t13-/m1/s1. The van der Waals surface area contributed by atoms with E-state index in [1.165, 1.54) is 0 Å². The Morgan fingerprint density at radius 1 is 1.35 bits per heavy atom. The Morgan fingerprint density at radius 2 is 2.13 bits per heavy atom. The molecule has 1 fully saturated rings. The zero-order valence-electron chi connectivity index (χ0n) is 13.3. The van der Waals surface area contributed by atoms with Gasteiger partial charge < -0.3 is 9.88 Å². The number of amides is 1. The van der Waals surface area contributed by atoms with E-state index in [4.69, 9.17) is 0 Å². The van der Waals surface area contributed by atoms with Gasteiger partial charge in [-0.25, -0.2) is 13.1 Å². The highest BCUT2D eigenvalue weighted by atomic mass is 32.2. The maximum Gasteiger partial charge on any atom is 0.270 e. The van der Waals surface area contributed by atoms with Crippen molar-refractivity contribution in [3.05, 3.63) is 35.5 Å². The number of hydrogen-bond acceptors (Lipinski definition) is 3. The van der Waals surface area contributed by atoms with E-state index in [1.54, 1.807) is 4.90 Å². The average molecular weight is 335 g/mol. The number of aryl methyl sites for hydroxylation is 1. The molecule has 0 spiro atoms. The lowest BCUT2D eigenvalue weighted by atomic mass is 10.1. The van der Waals surface area contributed by atoms with Gasteiger partial charge in [0.25, 0.3) is 5.91 Å². The highest BCUT2D eigenvalue weighted by Crippen LogP contribution is 2.20. The van der Waals surface area contributed by atoms with Gasteiger partial charge in [0.2, 0.25) is 10.0 Å². The first-order valence-electron chi connectivity index (χ1n) is 7.68. The number of carbonyl (C=O) groups is 1. The SMILES string of the molecule is Cc1ccc2cc(C(=O)N3CCC[C@@H](NS(C)(=O)=O)C3)[nH]c2c1. The third-order valence-electron chi connectivity index (χ3n) is 4.10. The third kappa shape index (κ3) is 3.73. The minimum Gasteiger partial charge on any atom is -0.351 e. The predicted octanol–water partition coefficient (Wildman–Crippen LogP) is 1.63. The summed E-state index contributed by atoms with van der Waals surface area (Å²) in [6.45, 7) is 3.06. The second-order valence-electron chi connectivity index (χ2n) is 6.25. The molecule has 1 atom stereocenters. The topological polar surface area (TPSA) is 82.3 Å². The van der Waals surface area contributed by atoms with E-state index < -0.39 is 10.0 Å². The average Bonchev–Trinajstić information content (AvgIpc) is 2.88. The molecule has 1 saturated heterocycles. The van der Waals surface area contributed by atoms with Gasteiger partial charge in [-0.1, -0.05) is 12.1 Å². The molecule has 1 aliphatic rings. The lowest BCUT2D eigenvalue weighted by Crippen LogP contribution is -2.49. The summed E-state index contributed by atoms with van der Waals surface area (Å²) < 4.78 is 25.3. The quantitative estimate of drug-likeness (QED) is 0.894. The number of aromatic amines is 1. The zero-order valence-corrected chi connectivity index (χ0v) is 14.1. The van der Waals surface area contributed by atoms with Crippen molar-refractivity contribution in [1.29, 1.82) is 0 Å². The molecule has 2 heterocycles. The normalized spacial score (nSPS) is 19.2. The molecule has 1 amide bonds. The summed E-state index contributed by atoms with van der Waals surface area (Å²) in [4.78, 5) is 17.6. The van der Waals surface area contributed by atoms with E-state index in [0.29, 0.717) is 18.8 Å². The fraction of sp³-hybridized carbons (Fsp3) is 0.438. The molecular formula is C16H21N3O3S. The number of rotatable bonds is 3. The molecule has 7 heteroatoms. The number of fused-ring (bicyclic) bond motifs is 1. The Kier molecular flexibility index (Phi) is 4.16. The van der Waals surface area contributed by atoms with Crippen molar-refractivity contribution in [3.63, 3.8) is 0 Å². The van der Waals surface area contributed by atoms with Crippen molar-refractivity contribution in [2.45, 2.75) is 25.8 Å². The first kappa shape index (κ1) is 16.0. The van der Waals surface area contributed by atoms with Crippen LogP contribution in [0.25, 0.3) is 10.9 Å². The van der Waals surface area contributed by atoms with Crippen LogP contribution in [0.5, 0.6) is 0 Å². The Balaban J connectivity index is 1.78. The van der Waals surface area contributed by atoms with Gasteiger partial charge in [0, 0.05) is 30.0 Å². The maximum atomic E-state index is 12.7. The Bertz CT molecular complexity index is 841. The van der Waals surface area contributed by atoms with E-state index in [9.17, 15) is 13.2 Å². The van der Waals surface area contributed by atoms with Gasteiger partial charge in [0.15, 0.2) is 0 Å². The van der Waals surface area contributed by atoms with Gasteiger partial charge in [0.1, 0.15) is 5.69 Å². The summed E-state index contributed by atoms with van der Waals surface area (Å²) >= 11 is 0. The van der Waals surface area contributed by atoms with Crippen LogP contribution in [0.15, 0.2) is 24.3 Å². The number of aromatic nitrogens is 1. The maximum absolute atomic E-state index is 12.7. The minimum atomic E-state index is -3.26. The van der Waals surface area contributed by atoms with E-state index in [-0.39, 0.29) is 11.9 Å². The Morgan fingerprint density at radius 3 is 2.87 bits per heavy atom. The molecule has 124 valence electrons. The van der Waals surface area contributed by atoms with Gasteiger partial charge in [-0.3, -0.25) is 4.79 Å². The molecule has 0 aliphatic carbocycles. The monoisotopic (exact) mass is 335 g/mol. The molecule has 2 N–H and O–H groups in total. The Hall–Kier alpha value is -1.86. The number of carbonyl (C=O) groups excluding carboxylic acids is 1. The summed E-state index contributed by atoms with van der Waals surface area (Å²) in [6, 6.07) is 7.65. The van der Waals surface area contributed by atoms with Crippen molar-refractivity contribution in [3.8, 4) is 0 Å². The molecule has 3 rings (SSSR count). The molecule has 0 bridgehead atoms. The van der Waals surface area contributed by atoms with Crippen molar-refractivity contribution in [2.24, 2.45) is 0 Å². The number of sulfonamides is 1. The van der Waals surface area contributed by atoms with Gasteiger partial charge >= 0.3 is 0 Å². The van der Waals surface area contributed by atoms with E-state index in [1.807, 2.05) is 31.2 Å². The van der Waals surface area contributed by atoms with Crippen molar-refractivity contribution < 1.29 is 13.2 Å². The lowest BCUT2D eigenvalue weighted by molar-refractivity contribution is 0.0698. The second kappa shape index (κ2) is 5.98. The van der Waals surface area contributed by atoms with Gasteiger partial charge in [-0.05, 0) is 37.5 Å². The van der Waals surface area contributed by atoms with Crippen molar-refractivity contribution >= 4 is 26.8 Å².